The molecule has 1 amide bonds. The largest absolute Gasteiger partial charge is 0.497 e. The molecule has 0 saturated heterocycles. The van der Waals surface area contributed by atoms with Crippen LogP contribution in [0.1, 0.15) is 10.4 Å². The molecule has 1 aromatic heterocycles. The highest BCUT2D eigenvalue weighted by atomic mass is 19.1. The highest BCUT2D eigenvalue weighted by Gasteiger charge is 2.13. The van der Waals surface area contributed by atoms with Gasteiger partial charge in [-0.05, 0) is 24.3 Å². The van der Waals surface area contributed by atoms with E-state index in [2.05, 4.69) is 10.3 Å². The van der Waals surface area contributed by atoms with E-state index < -0.39 is 17.8 Å². The van der Waals surface area contributed by atoms with Crippen LogP contribution in [0.4, 0.5) is 14.5 Å². The number of amides is 1. The van der Waals surface area contributed by atoms with Crippen molar-refractivity contribution in [3.8, 4) is 11.5 Å². The number of rotatable bonds is 4. The molecule has 0 bridgehead atoms. The second kappa shape index (κ2) is 6.17. The van der Waals surface area contributed by atoms with Crippen LogP contribution in [0.15, 0.2) is 30.3 Å². The molecule has 7 heteroatoms. The molecule has 2 rings (SSSR count). The van der Waals surface area contributed by atoms with Gasteiger partial charge in [-0.1, -0.05) is 0 Å². The molecule has 1 aromatic carbocycles. The first-order valence-corrected chi connectivity index (χ1v) is 5.90. The zero-order valence-corrected chi connectivity index (χ0v) is 11.3. The van der Waals surface area contributed by atoms with E-state index in [1.54, 1.807) is 6.07 Å². The second-order valence-corrected chi connectivity index (χ2v) is 4.03. The molecule has 0 fully saturated rings. The number of anilines is 1. The number of carbonyl (C=O) groups excluding carboxylic acids is 1. The van der Waals surface area contributed by atoms with Crippen LogP contribution >= 0.6 is 0 Å². The molecule has 0 saturated carbocycles. The first kappa shape index (κ1) is 14.7. The van der Waals surface area contributed by atoms with Crippen LogP contribution in [0, 0.1) is 11.9 Å². The number of hydrogen-bond acceptors (Lipinski definition) is 4. The minimum Gasteiger partial charge on any atom is -0.497 e. The molecule has 1 N–H and O–H groups in total. The van der Waals surface area contributed by atoms with Gasteiger partial charge in [-0.3, -0.25) is 4.79 Å². The molecule has 0 aliphatic rings. The minimum absolute atomic E-state index is 0.204. The summed E-state index contributed by atoms with van der Waals surface area (Å²) < 4.78 is 36.2. The Morgan fingerprint density at radius 2 is 1.71 bits per heavy atom. The maximum atomic E-state index is 13.4. The van der Waals surface area contributed by atoms with Gasteiger partial charge in [-0.25, -0.2) is 0 Å². The van der Waals surface area contributed by atoms with Crippen molar-refractivity contribution in [2.45, 2.75) is 0 Å². The van der Waals surface area contributed by atoms with E-state index >= 15 is 0 Å². The minimum atomic E-state index is -1.10. The van der Waals surface area contributed by atoms with Crippen molar-refractivity contribution in [2.75, 3.05) is 19.5 Å². The number of benzene rings is 1. The normalized spacial score (nSPS) is 10.1. The van der Waals surface area contributed by atoms with Crippen molar-refractivity contribution < 1.29 is 23.0 Å². The first-order valence-electron chi connectivity index (χ1n) is 5.90. The third kappa shape index (κ3) is 3.44. The Morgan fingerprint density at radius 3 is 2.24 bits per heavy atom. The summed E-state index contributed by atoms with van der Waals surface area (Å²) in [7, 11) is 2.89. The maximum absolute atomic E-state index is 13.4. The smallest absolute Gasteiger partial charge is 0.256 e. The number of pyridine rings is 1. The molecule has 0 spiro atoms. The highest BCUT2D eigenvalue weighted by Crippen LogP contribution is 2.23. The summed E-state index contributed by atoms with van der Waals surface area (Å²) >= 11 is 0. The van der Waals surface area contributed by atoms with Crippen molar-refractivity contribution in [1.29, 1.82) is 0 Å². The average Bonchev–Trinajstić information content (AvgIpc) is 2.49. The van der Waals surface area contributed by atoms with E-state index in [1.165, 1.54) is 26.4 Å². The molecule has 1 heterocycles. The van der Waals surface area contributed by atoms with Gasteiger partial charge in [0.1, 0.15) is 11.5 Å². The Balaban J connectivity index is 2.27. The van der Waals surface area contributed by atoms with Gasteiger partial charge in [-0.2, -0.15) is 13.8 Å². The fourth-order valence-corrected chi connectivity index (χ4v) is 1.64. The van der Waals surface area contributed by atoms with Gasteiger partial charge in [0.05, 0.1) is 19.9 Å². The zero-order valence-electron chi connectivity index (χ0n) is 11.3. The van der Waals surface area contributed by atoms with Crippen molar-refractivity contribution >= 4 is 11.6 Å². The van der Waals surface area contributed by atoms with E-state index in [9.17, 15) is 13.6 Å². The van der Waals surface area contributed by atoms with E-state index in [1.807, 2.05) is 0 Å². The number of ether oxygens (including phenoxy) is 2. The number of aromatic nitrogens is 1. The van der Waals surface area contributed by atoms with Gasteiger partial charge >= 0.3 is 0 Å². The van der Waals surface area contributed by atoms with Crippen LogP contribution < -0.4 is 14.8 Å². The summed E-state index contributed by atoms with van der Waals surface area (Å²) in [5.74, 6) is -1.83. The van der Waals surface area contributed by atoms with Crippen molar-refractivity contribution in [2.24, 2.45) is 0 Å². The summed E-state index contributed by atoms with van der Waals surface area (Å²) in [4.78, 5) is 15.1. The quantitative estimate of drug-likeness (QED) is 0.881. The Kier molecular flexibility index (Phi) is 4.32. The van der Waals surface area contributed by atoms with Crippen LogP contribution in [-0.2, 0) is 0 Å². The summed E-state index contributed by atoms with van der Waals surface area (Å²) in [5, 5.41) is 2.30. The summed E-state index contributed by atoms with van der Waals surface area (Å²) in [5.41, 5.74) is -0.0156. The molecule has 110 valence electrons. The average molecular weight is 294 g/mol. The lowest BCUT2D eigenvalue weighted by atomic mass is 10.2. The fraction of sp³-hybridized carbons (Fsp3) is 0.143. The molecular weight excluding hydrogens is 282 g/mol. The predicted molar refractivity (Wildman–Crippen MR) is 71.7 cm³/mol. The highest BCUT2D eigenvalue weighted by molar-refractivity contribution is 6.04. The van der Waals surface area contributed by atoms with Gasteiger partial charge in [-0.15, -0.1) is 0 Å². The number of hydrogen-bond donors (Lipinski definition) is 1. The molecule has 0 atom stereocenters. The van der Waals surface area contributed by atoms with E-state index in [-0.39, 0.29) is 11.3 Å². The summed E-state index contributed by atoms with van der Waals surface area (Å²) in [6, 6.07) is 6.56. The maximum Gasteiger partial charge on any atom is 0.256 e. The monoisotopic (exact) mass is 294 g/mol. The summed E-state index contributed by atoms with van der Waals surface area (Å²) in [6.07, 6.45) is 0. The Bertz CT molecular complexity index is 655. The lowest BCUT2D eigenvalue weighted by Gasteiger charge is -2.09. The number of methoxy groups -OCH3 is 2. The van der Waals surface area contributed by atoms with Crippen LogP contribution in [0.3, 0.4) is 0 Å². The SMILES string of the molecule is COc1cc(OC)cc(C(=O)Nc2ccc(F)nc2F)c1. The van der Waals surface area contributed by atoms with E-state index in [0.29, 0.717) is 11.5 Å². The second-order valence-electron chi connectivity index (χ2n) is 4.03. The van der Waals surface area contributed by atoms with Crippen LogP contribution in [0.25, 0.3) is 0 Å². The third-order valence-electron chi connectivity index (χ3n) is 2.68. The Morgan fingerprint density at radius 1 is 1.10 bits per heavy atom. The molecule has 21 heavy (non-hydrogen) atoms. The van der Waals surface area contributed by atoms with Crippen LogP contribution in [0.5, 0.6) is 11.5 Å². The van der Waals surface area contributed by atoms with Gasteiger partial charge in [0.15, 0.2) is 0 Å². The third-order valence-corrected chi connectivity index (χ3v) is 2.68. The van der Waals surface area contributed by atoms with E-state index in [0.717, 1.165) is 12.1 Å². The number of halogens is 2. The first-order chi connectivity index (χ1) is 10.0. The molecule has 0 aliphatic heterocycles. The number of nitrogens with one attached hydrogen (secondary N) is 1. The topological polar surface area (TPSA) is 60.5 Å². The van der Waals surface area contributed by atoms with E-state index in [4.69, 9.17) is 9.47 Å². The number of carbonyl (C=O) groups is 1. The van der Waals surface area contributed by atoms with Crippen molar-refractivity contribution in [1.82, 2.24) is 4.98 Å². The van der Waals surface area contributed by atoms with Gasteiger partial charge in [0.2, 0.25) is 11.9 Å². The zero-order chi connectivity index (χ0) is 15.4. The predicted octanol–water partition coefficient (Wildman–Crippen LogP) is 2.63. The van der Waals surface area contributed by atoms with Gasteiger partial charge < -0.3 is 14.8 Å². The lowest BCUT2D eigenvalue weighted by molar-refractivity contribution is 0.102. The Labute approximate surface area is 119 Å². The standard InChI is InChI=1S/C14H12F2N2O3/c1-20-9-5-8(6-10(7-9)21-2)14(19)17-11-3-4-12(15)18-13(11)16/h3-7H,1-2H3,(H,17,19). The summed E-state index contributed by atoms with van der Waals surface area (Å²) in [6.45, 7) is 0. The lowest BCUT2D eigenvalue weighted by Crippen LogP contribution is -2.14. The molecule has 0 unspecified atom stereocenters. The molecular formula is C14H12F2N2O3. The van der Waals surface area contributed by atoms with Crippen LogP contribution in [0.2, 0.25) is 0 Å². The fourth-order valence-electron chi connectivity index (χ4n) is 1.64. The number of nitrogens with zero attached hydrogens (tertiary/aromatic N) is 1. The molecule has 0 radical (unpaired) electrons. The molecule has 5 nitrogen and oxygen atoms in total. The Hall–Kier alpha value is -2.70. The van der Waals surface area contributed by atoms with Gasteiger partial charge in [0, 0.05) is 11.6 Å². The molecule has 0 aliphatic carbocycles. The molecule has 2 aromatic rings. The van der Waals surface area contributed by atoms with Crippen molar-refractivity contribution in [3.63, 3.8) is 0 Å². The van der Waals surface area contributed by atoms with Crippen LogP contribution in [-0.4, -0.2) is 25.1 Å². The van der Waals surface area contributed by atoms with Gasteiger partial charge in [0.25, 0.3) is 5.91 Å². The van der Waals surface area contributed by atoms with Crippen molar-refractivity contribution in [3.05, 3.63) is 47.8 Å².